The lowest BCUT2D eigenvalue weighted by molar-refractivity contribution is 0.0993. The fourth-order valence-electron chi connectivity index (χ4n) is 4.14. The van der Waals surface area contributed by atoms with Gasteiger partial charge < -0.3 is 15.4 Å². The molecule has 32 heavy (non-hydrogen) atoms. The van der Waals surface area contributed by atoms with E-state index in [9.17, 15) is 4.79 Å². The second kappa shape index (κ2) is 8.97. The van der Waals surface area contributed by atoms with Gasteiger partial charge in [-0.15, -0.1) is 0 Å². The Morgan fingerprint density at radius 2 is 1.69 bits per heavy atom. The first-order valence-electron chi connectivity index (χ1n) is 10.9. The maximum atomic E-state index is 12.9. The fourth-order valence-corrected chi connectivity index (χ4v) is 4.14. The Kier molecular flexibility index (Phi) is 6.10. The zero-order valence-electron chi connectivity index (χ0n) is 19.0. The predicted molar refractivity (Wildman–Crippen MR) is 131 cm³/mol. The van der Waals surface area contributed by atoms with E-state index in [0.717, 1.165) is 44.8 Å². The van der Waals surface area contributed by atoms with Crippen LogP contribution >= 0.6 is 0 Å². The number of aromatic nitrogens is 2. The second-order valence-corrected chi connectivity index (χ2v) is 8.47. The van der Waals surface area contributed by atoms with E-state index in [1.54, 1.807) is 0 Å². The van der Waals surface area contributed by atoms with E-state index < -0.39 is 0 Å². The molecule has 1 aromatic heterocycles. The number of aryl methyl sites for hydroxylation is 4. The third kappa shape index (κ3) is 4.43. The van der Waals surface area contributed by atoms with Gasteiger partial charge in [0.15, 0.2) is 5.78 Å². The van der Waals surface area contributed by atoms with Crippen molar-refractivity contribution in [2.24, 2.45) is 0 Å². The smallest absolute Gasteiger partial charge is 0.167 e. The molecule has 4 rings (SSSR count). The molecule has 0 saturated heterocycles. The number of aliphatic hydroxyl groups is 1. The molecule has 1 heterocycles. The first-order valence-corrected chi connectivity index (χ1v) is 10.9. The number of rotatable bonds is 7. The molecule has 0 saturated carbocycles. The van der Waals surface area contributed by atoms with E-state index in [4.69, 9.17) is 10.1 Å². The number of Topliss-reactive ketones (excluding diaryl/α,β-unsaturated/α-hetero) is 1. The molecule has 5 nitrogen and oxygen atoms in total. The SMILES string of the molecule is Cc1ccc(CC(=O)c2ccc3nc(-c4c(C)cc(NCCO)cc4C)[nH]c3c2)cc1C. The Morgan fingerprint density at radius 3 is 2.38 bits per heavy atom. The van der Waals surface area contributed by atoms with E-state index in [-0.39, 0.29) is 12.4 Å². The fraction of sp³-hybridized carbons (Fsp3) is 0.259. The molecule has 0 radical (unpaired) electrons. The third-order valence-electron chi connectivity index (χ3n) is 5.95. The highest BCUT2D eigenvalue weighted by Crippen LogP contribution is 2.30. The molecule has 0 atom stereocenters. The van der Waals surface area contributed by atoms with E-state index in [1.807, 2.05) is 24.3 Å². The van der Waals surface area contributed by atoms with Crippen LogP contribution in [0.25, 0.3) is 22.4 Å². The lowest BCUT2D eigenvalue weighted by atomic mass is 9.99. The summed E-state index contributed by atoms with van der Waals surface area (Å²) in [6, 6.07) is 16.0. The van der Waals surface area contributed by atoms with Crippen molar-refractivity contribution in [1.82, 2.24) is 9.97 Å². The standard InChI is InChI=1S/C27H29N3O2/c1-16-5-6-20(11-17(16)2)14-25(32)21-7-8-23-24(15-21)30-27(29-23)26-18(3)12-22(13-19(26)4)28-9-10-31/h5-8,11-13,15,28,31H,9-10,14H2,1-4H3,(H,29,30). The predicted octanol–water partition coefficient (Wildman–Crippen LogP) is 5.29. The Labute approximate surface area is 188 Å². The van der Waals surface area contributed by atoms with Crippen molar-refractivity contribution >= 4 is 22.5 Å². The van der Waals surface area contributed by atoms with Crippen molar-refractivity contribution in [3.63, 3.8) is 0 Å². The van der Waals surface area contributed by atoms with Gasteiger partial charge in [-0.3, -0.25) is 4.79 Å². The molecule has 0 fully saturated rings. The zero-order valence-corrected chi connectivity index (χ0v) is 19.0. The van der Waals surface area contributed by atoms with Gasteiger partial charge in [-0.25, -0.2) is 4.98 Å². The molecular formula is C27H29N3O2. The molecular weight excluding hydrogens is 398 g/mol. The maximum absolute atomic E-state index is 12.9. The van der Waals surface area contributed by atoms with Crippen LogP contribution < -0.4 is 5.32 Å². The summed E-state index contributed by atoms with van der Waals surface area (Å²) >= 11 is 0. The minimum atomic E-state index is 0.0913. The summed E-state index contributed by atoms with van der Waals surface area (Å²) in [7, 11) is 0. The van der Waals surface area contributed by atoms with Crippen molar-refractivity contribution in [3.8, 4) is 11.4 Å². The van der Waals surface area contributed by atoms with Gasteiger partial charge in [-0.05, 0) is 85.8 Å². The number of ketones is 1. The Bertz CT molecular complexity index is 1280. The molecule has 0 unspecified atom stereocenters. The Balaban J connectivity index is 1.62. The number of imidazole rings is 1. The van der Waals surface area contributed by atoms with Crippen molar-refractivity contribution in [1.29, 1.82) is 0 Å². The molecule has 3 N–H and O–H groups in total. The lowest BCUT2D eigenvalue weighted by Crippen LogP contribution is -2.06. The number of carbonyl (C=O) groups is 1. The number of hydrogen-bond acceptors (Lipinski definition) is 4. The van der Waals surface area contributed by atoms with Crippen LogP contribution in [0.4, 0.5) is 5.69 Å². The van der Waals surface area contributed by atoms with Gasteiger partial charge in [0.05, 0.1) is 17.6 Å². The number of benzene rings is 3. The summed E-state index contributed by atoms with van der Waals surface area (Å²) in [4.78, 5) is 21.1. The van der Waals surface area contributed by atoms with Gasteiger partial charge >= 0.3 is 0 Å². The minimum absolute atomic E-state index is 0.0913. The Morgan fingerprint density at radius 1 is 0.938 bits per heavy atom. The van der Waals surface area contributed by atoms with Crippen LogP contribution in [0.1, 0.15) is 38.2 Å². The van der Waals surface area contributed by atoms with E-state index in [1.165, 1.54) is 11.1 Å². The number of carbonyl (C=O) groups excluding carboxylic acids is 1. The molecule has 0 aliphatic heterocycles. The average Bonchev–Trinajstić information content (AvgIpc) is 3.17. The molecule has 164 valence electrons. The number of fused-ring (bicyclic) bond motifs is 1. The van der Waals surface area contributed by atoms with Crippen molar-refractivity contribution in [2.75, 3.05) is 18.5 Å². The summed E-state index contributed by atoms with van der Waals surface area (Å²) in [5.41, 5.74) is 10.1. The molecule has 3 aromatic carbocycles. The number of anilines is 1. The Hall–Kier alpha value is -3.44. The first kappa shape index (κ1) is 21.8. The molecule has 0 amide bonds. The van der Waals surface area contributed by atoms with E-state index in [0.29, 0.717) is 18.5 Å². The highest BCUT2D eigenvalue weighted by molar-refractivity contribution is 6.00. The van der Waals surface area contributed by atoms with Crippen LogP contribution in [0.3, 0.4) is 0 Å². The number of nitrogens with one attached hydrogen (secondary N) is 2. The lowest BCUT2D eigenvalue weighted by Gasteiger charge is -2.12. The summed E-state index contributed by atoms with van der Waals surface area (Å²) < 4.78 is 0. The molecule has 0 spiro atoms. The van der Waals surface area contributed by atoms with Crippen LogP contribution in [0.2, 0.25) is 0 Å². The van der Waals surface area contributed by atoms with Crippen LogP contribution in [-0.4, -0.2) is 34.0 Å². The maximum Gasteiger partial charge on any atom is 0.167 e. The molecule has 0 aliphatic rings. The normalized spacial score (nSPS) is 11.2. The number of H-pyrrole nitrogens is 1. The highest BCUT2D eigenvalue weighted by atomic mass is 16.3. The average molecular weight is 428 g/mol. The van der Waals surface area contributed by atoms with Gasteiger partial charge in [0, 0.05) is 29.8 Å². The number of nitrogens with zero attached hydrogens (tertiary/aromatic N) is 1. The highest BCUT2D eigenvalue weighted by Gasteiger charge is 2.14. The quantitative estimate of drug-likeness (QED) is 0.350. The molecule has 0 bridgehead atoms. The van der Waals surface area contributed by atoms with Crippen molar-refractivity contribution in [3.05, 3.63) is 81.9 Å². The molecule has 0 aliphatic carbocycles. The number of aromatic amines is 1. The van der Waals surface area contributed by atoms with Crippen molar-refractivity contribution in [2.45, 2.75) is 34.1 Å². The summed E-state index contributed by atoms with van der Waals surface area (Å²) in [5.74, 6) is 0.889. The van der Waals surface area contributed by atoms with Crippen LogP contribution in [-0.2, 0) is 6.42 Å². The summed E-state index contributed by atoms with van der Waals surface area (Å²) in [6.45, 7) is 8.86. The second-order valence-electron chi connectivity index (χ2n) is 8.47. The van der Waals surface area contributed by atoms with Crippen molar-refractivity contribution < 1.29 is 9.90 Å². The summed E-state index contributed by atoms with van der Waals surface area (Å²) in [6.07, 6.45) is 0.383. The minimum Gasteiger partial charge on any atom is -0.395 e. The zero-order chi connectivity index (χ0) is 22.8. The van der Waals surface area contributed by atoms with Gasteiger partial charge in [-0.1, -0.05) is 18.2 Å². The summed E-state index contributed by atoms with van der Waals surface area (Å²) in [5, 5.41) is 12.3. The molecule has 5 heteroatoms. The van der Waals surface area contributed by atoms with Crippen LogP contribution in [0.15, 0.2) is 48.5 Å². The van der Waals surface area contributed by atoms with Gasteiger partial charge in [-0.2, -0.15) is 0 Å². The van der Waals surface area contributed by atoms with Crippen LogP contribution in [0, 0.1) is 27.7 Å². The number of aliphatic hydroxyl groups excluding tert-OH is 1. The largest absolute Gasteiger partial charge is 0.395 e. The van der Waals surface area contributed by atoms with E-state index >= 15 is 0 Å². The number of hydrogen-bond donors (Lipinski definition) is 3. The van der Waals surface area contributed by atoms with Gasteiger partial charge in [0.2, 0.25) is 0 Å². The topological polar surface area (TPSA) is 78.0 Å². The van der Waals surface area contributed by atoms with Crippen LogP contribution in [0.5, 0.6) is 0 Å². The molecule has 4 aromatic rings. The first-order chi connectivity index (χ1) is 15.4. The van der Waals surface area contributed by atoms with Gasteiger partial charge in [0.1, 0.15) is 5.82 Å². The van der Waals surface area contributed by atoms with E-state index in [2.05, 4.69) is 62.3 Å². The monoisotopic (exact) mass is 427 g/mol. The third-order valence-corrected chi connectivity index (χ3v) is 5.95. The van der Waals surface area contributed by atoms with Gasteiger partial charge in [0.25, 0.3) is 0 Å².